The highest BCUT2D eigenvalue weighted by Crippen LogP contribution is 2.21. The van der Waals surface area contributed by atoms with Crippen molar-refractivity contribution in [2.45, 2.75) is 6.92 Å². The quantitative estimate of drug-likeness (QED) is 0.798. The molecule has 1 aromatic carbocycles. The third kappa shape index (κ3) is 2.31. The summed E-state index contributed by atoms with van der Waals surface area (Å²) in [5.41, 5.74) is 3.13. The third-order valence-electron chi connectivity index (χ3n) is 2.48. The minimum atomic E-state index is 0.697. The van der Waals surface area contributed by atoms with Gasteiger partial charge in [0.15, 0.2) is 0 Å². The first-order chi connectivity index (χ1) is 7.81. The number of fused-ring (bicyclic) bond motifs is 1. The van der Waals surface area contributed by atoms with Crippen LogP contribution in [0.1, 0.15) is 5.69 Å². The normalized spacial score (nSPS) is 10.6. The van der Waals surface area contributed by atoms with Crippen molar-refractivity contribution in [3.8, 4) is 0 Å². The van der Waals surface area contributed by atoms with Gasteiger partial charge >= 0.3 is 0 Å². The lowest BCUT2D eigenvalue weighted by Gasteiger charge is -2.08. The largest absolute Gasteiger partial charge is 0.383 e. The summed E-state index contributed by atoms with van der Waals surface area (Å²) in [7, 11) is 1.70. The van der Waals surface area contributed by atoms with Crippen LogP contribution in [0.15, 0.2) is 30.3 Å². The number of rotatable bonds is 4. The zero-order valence-corrected chi connectivity index (χ0v) is 9.66. The number of nitrogens with one attached hydrogen (secondary N) is 1. The standard InChI is InChI=1S/C13H16N2O/c1-10-6-7-11-4-3-5-12(13(11)15-10)14-8-9-16-2/h3-7,14H,8-9H2,1-2H3. The van der Waals surface area contributed by atoms with Crippen LogP contribution in [0.2, 0.25) is 0 Å². The van der Waals surface area contributed by atoms with Crippen molar-refractivity contribution in [1.29, 1.82) is 0 Å². The molecule has 0 saturated heterocycles. The molecule has 3 heteroatoms. The Bertz CT molecular complexity index is 482. The Morgan fingerprint density at radius 1 is 1.25 bits per heavy atom. The molecule has 0 aliphatic heterocycles. The molecule has 0 unspecified atom stereocenters. The molecule has 0 spiro atoms. The molecule has 0 fully saturated rings. The van der Waals surface area contributed by atoms with E-state index < -0.39 is 0 Å². The number of anilines is 1. The van der Waals surface area contributed by atoms with Gasteiger partial charge in [-0.15, -0.1) is 0 Å². The molecule has 16 heavy (non-hydrogen) atoms. The molecule has 0 radical (unpaired) electrons. The van der Waals surface area contributed by atoms with Crippen LogP contribution in [0.4, 0.5) is 5.69 Å². The van der Waals surface area contributed by atoms with Gasteiger partial charge in [-0.1, -0.05) is 18.2 Å². The third-order valence-corrected chi connectivity index (χ3v) is 2.48. The van der Waals surface area contributed by atoms with Gasteiger partial charge in [0.2, 0.25) is 0 Å². The summed E-state index contributed by atoms with van der Waals surface area (Å²) < 4.78 is 5.02. The van der Waals surface area contributed by atoms with Crippen LogP contribution in [0.5, 0.6) is 0 Å². The molecule has 0 bridgehead atoms. The van der Waals surface area contributed by atoms with E-state index in [0.717, 1.165) is 28.8 Å². The molecule has 0 saturated carbocycles. The lowest BCUT2D eigenvalue weighted by atomic mass is 10.2. The van der Waals surface area contributed by atoms with Gasteiger partial charge in [0.1, 0.15) is 0 Å². The molecule has 2 rings (SSSR count). The van der Waals surface area contributed by atoms with Crippen molar-refractivity contribution in [3.05, 3.63) is 36.0 Å². The zero-order chi connectivity index (χ0) is 11.4. The Morgan fingerprint density at radius 2 is 2.12 bits per heavy atom. The van der Waals surface area contributed by atoms with E-state index in [1.54, 1.807) is 7.11 Å². The Balaban J connectivity index is 2.32. The van der Waals surface area contributed by atoms with Gasteiger partial charge in [-0.3, -0.25) is 4.98 Å². The maximum absolute atomic E-state index is 5.02. The Hall–Kier alpha value is -1.61. The molecule has 0 atom stereocenters. The fourth-order valence-corrected chi connectivity index (χ4v) is 1.68. The molecule has 2 aromatic rings. The van der Waals surface area contributed by atoms with Gasteiger partial charge in [0.05, 0.1) is 17.8 Å². The zero-order valence-electron chi connectivity index (χ0n) is 9.66. The lowest BCUT2D eigenvalue weighted by molar-refractivity contribution is 0.211. The molecular weight excluding hydrogens is 200 g/mol. The molecule has 1 heterocycles. The summed E-state index contributed by atoms with van der Waals surface area (Å²) >= 11 is 0. The number of pyridine rings is 1. The first-order valence-corrected chi connectivity index (χ1v) is 5.40. The fourth-order valence-electron chi connectivity index (χ4n) is 1.68. The smallest absolute Gasteiger partial charge is 0.0936 e. The number of ether oxygens (including phenoxy) is 1. The van der Waals surface area contributed by atoms with E-state index in [1.165, 1.54) is 0 Å². The van der Waals surface area contributed by atoms with Gasteiger partial charge in [-0.25, -0.2) is 0 Å². The number of para-hydroxylation sites is 1. The van der Waals surface area contributed by atoms with Crippen LogP contribution in [0.3, 0.4) is 0 Å². The Labute approximate surface area is 95.5 Å². The second-order valence-corrected chi connectivity index (χ2v) is 3.75. The van der Waals surface area contributed by atoms with E-state index in [-0.39, 0.29) is 0 Å². The van der Waals surface area contributed by atoms with E-state index in [2.05, 4.69) is 22.4 Å². The molecule has 3 nitrogen and oxygen atoms in total. The van der Waals surface area contributed by atoms with E-state index in [0.29, 0.717) is 6.61 Å². The van der Waals surface area contributed by atoms with Crippen LogP contribution in [0.25, 0.3) is 10.9 Å². The van der Waals surface area contributed by atoms with Crippen molar-refractivity contribution in [1.82, 2.24) is 4.98 Å². The molecule has 0 aliphatic rings. The minimum Gasteiger partial charge on any atom is -0.383 e. The summed E-state index contributed by atoms with van der Waals surface area (Å²) in [4.78, 5) is 4.55. The molecular formula is C13H16N2O. The molecule has 84 valence electrons. The van der Waals surface area contributed by atoms with Gasteiger partial charge in [0.25, 0.3) is 0 Å². The predicted octanol–water partition coefficient (Wildman–Crippen LogP) is 2.60. The lowest BCUT2D eigenvalue weighted by Crippen LogP contribution is -2.08. The van der Waals surface area contributed by atoms with Crippen LogP contribution >= 0.6 is 0 Å². The van der Waals surface area contributed by atoms with Gasteiger partial charge in [-0.2, -0.15) is 0 Å². The van der Waals surface area contributed by atoms with E-state index >= 15 is 0 Å². The topological polar surface area (TPSA) is 34.1 Å². The highest BCUT2D eigenvalue weighted by Gasteiger charge is 2.01. The van der Waals surface area contributed by atoms with Gasteiger partial charge in [-0.05, 0) is 19.1 Å². The first kappa shape index (κ1) is 10.9. The fraction of sp³-hybridized carbons (Fsp3) is 0.308. The SMILES string of the molecule is COCCNc1cccc2ccc(C)nc12. The summed E-state index contributed by atoms with van der Waals surface area (Å²) in [6, 6.07) is 10.3. The minimum absolute atomic E-state index is 0.697. The van der Waals surface area contributed by atoms with Crippen molar-refractivity contribution in [3.63, 3.8) is 0 Å². The number of nitrogens with zero attached hydrogens (tertiary/aromatic N) is 1. The first-order valence-electron chi connectivity index (χ1n) is 5.40. The van der Waals surface area contributed by atoms with Gasteiger partial charge in [0, 0.05) is 24.7 Å². The number of hydrogen-bond acceptors (Lipinski definition) is 3. The predicted molar refractivity (Wildman–Crippen MR) is 66.8 cm³/mol. The van der Waals surface area contributed by atoms with Crippen LogP contribution in [-0.2, 0) is 4.74 Å². The van der Waals surface area contributed by atoms with Crippen molar-refractivity contribution < 1.29 is 4.74 Å². The van der Waals surface area contributed by atoms with E-state index in [4.69, 9.17) is 4.74 Å². The molecule has 0 aliphatic carbocycles. The molecule has 1 aromatic heterocycles. The number of benzene rings is 1. The van der Waals surface area contributed by atoms with Crippen LogP contribution < -0.4 is 5.32 Å². The van der Waals surface area contributed by atoms with Gasteiger partial charge < -0.3 is 10.1 Å². The second kappa shape index (κ2) is 4.94. The van der Waals surface area contributed by atoms with E-state index in [9.17, 15) is 0 Å². The average Bonchev–Trinajstić information content (AvgIpc) is 2.30. The Kier molecular flexibility index (Phi) is 3.37. The highest BCUT2D eigenvalue weighted by molar-refractivity contribution is 5.90. The highest BCUT2D eigenvalue weighted by atomic mass is 16.5. The number of hydrogen-bond donors (Lipinski definition) is 1. The average molecular weight is 216 g/mol. The number of methoxy groups -OCH3 is 1. The monoisotopic (exact) mass is 216 g/mol. The maximum atomic E-state index is 5.02. The summed E-state index contributed by atoms with van der Waals surface area (Å²) in [5.74, 6) is 0. The number of aryl methyl sites for hydroxylation is 1. The Morgan fingerprint density at radius 3 is 2.94 bits per heavy atom. The summed E-state index contributed by atoms with van der Waals surface area (Å²) in [6.07, 6.45) is 0. The van der Waals surface area contributed by atoms with Crippen molar-refractivity contribution in [2.75, 3.05) is 25.6 Å². The van der Waals surface area contributed by atoms with Crippen molar-refractivity contribution >= 4 is 16.6 Å². The van der Waals surface area contributed by atoms with Crippen LogP contribution in [-0.4, -0.2) is 25.2 Å². The van der Waals surface area contributed by atoms with Crippen molar-refractivity contribution in [2.24, 2.45) is 0 Å². The summed E-state index contributed by atoms with van der Waals surface area (Å²) in [6.45, 7) is 3.50. The van der Waals surface area contributed by atoms with E-state index in [1.807, 2.05) is 25.1 Å². The molecule has 0 amide bonds. The second-order valence-electron chi connectivity index (χ2n) is 3.75. The number of aromatic nitrogens is 1. The summed E-state index contributed by atoms with van der Waals surface area (Å²) in [5, 5.41) is 4.49. The molecule has 1 N–H and O–H groups in total. The van der Waals surface area contributed by atoms with Crippen LogP contribution in [0, 0.1) is 6.92 Å². The maximum Gasteiger partial charge on any atom is 0.0936 e.